The molecule has 0 saturated heterocycles. The molecule has 0 unspecified atom stereocenters. The molecule has 0 aliphatic carbocycles. The Bertz CT molecular complexity index is 713. The molecule has 0 spiro atoms. The van der Waals surface area contributed by atoms with Gasteiger partial charge in [-0.3, -0.25) is 4.79 Å². The molecule has 2 aromatic rings. The van der Waals surface area contributed by atoms with E-state index < -0.39 is 11.7 Å². The number of halogens is 4. The fraction of sp³-hybridized carbons (Fsp3) is 0.0769. The summed E-state index contributed by atoms with van der Waals surface area (Å²) in [6.07, 6.45) is -4.26. The van der Waals surface area contributed by atoms with E-state index in [1.807, 2.05) is 0 Å². The zero-order valence-corrected chi connectivity index (χ0v) is 11.2. The van der Waals surface area contributed by atoms with Gasteiger partial charge in [-0.15, -0.1) is 0 Å². The molecule has 3 nitrogen and oxygen atoms in total. The molecule has 7 heteroatoms. The molecule has 2 rings (SSSR count). The lowest BCUT2D eigenvalue weighted by molar-refractivity contribution is -0.137. The first-order valence-corrected chi connectivity index (χ1v) is 6.02. The van der Waals surface area contributed by atoms with Crippen LogP contribution in [0.4, 0.5) is 13.2 Å². The molecule has 0 fully saturated rings. The third kappa shape index (κ3) is 2.60. The zero-order chi connectivity index (χ0) is 14.9. The van der Waals surface area contributed by atoms with E-state index in [2.05, 4.69) is 15.9 Å². The third-order valence-corrected chi connectivity index (χ3v) is 3.14. The molecule has 0 aliphatic heterocycles. The molecule has 1 aromatic heterocycles. The van der Waals surface area contributed by atoms with Crippen LogP contribution in [0.25, 0.3) is 11.3 Å². The lowest BCUT2D eigenvalue weighted by Gasteiger charge is -2.13. The van der Waals surface area contributed by atoms with Gasteiger partial charge in [0.1, 0.15) is 5.76 Å². The van der Waals surface area contributed by atoms with E-state index in [1.54, 1.807) is 6.07 Å². The second-order valence-corrected chi connectivity index (χ2v) is 4.66. The number of rotatable bonds is 2. The Hall–Kier alpha value is -2.07. The highest BCUT2D eigenvalue weighted by Gasteiger charge is 2.36. The van der Waals surface area contributed by atoms with Crippen molar-refractivity contribution in [3.63, 3.8) is 0 Å². The van der Waals surface area contributed by atoms with Gasteiger partial charge in [0.15, 0.2) is 12.0 Å². The minimum Gasteiger partial charge on any atom is -0.453 e. The van der Waals surface area contributed by atoms with Crippen LogP contribution in [0.2, 0.25) is 0 Å². The molecule has 0 saturated carbocycles. The number of carbonyl (C=O) groups is 1. The standard InChI is InChI=1S/C13H5BrF3NO2/c14-10-4-7(5-18)3-9(13(15,16)17)12(10)11-2-1-8(6-19)20-11/h1-4,6H. The van der Waals surface area contributed by atoms with Gasteiger partial charge in [0.25, 0.3) is 0 Å². The van der Waals surface area contributed by atoms with Crippen LogP contribution in [0, 0.1) is 11.3 Å². The first-order valence-electron chi connectivity index (χ1n) is 5.23. The second-order valence-electron chi connectivity index (χ2n) is 3.81. The van der Waals surface area contributed by atoms with Gasteiger partial charge in [-0.05, 0) is 40.2 Å². The van der Waals surface area contributed by atoms with E-state index >= 15 is 0 Å². The van der Waals surface area contributed by atoms with Crippen LogP contribution in [0.3, 0.4) is 0 Å². The lowest BCUT2D eigenvalue weighted by Crippen LogP contribution is -2.08. The summed E-state index contributed by atoms with van der Waals surface area (Å²) in [6, 6.07) is 6.20. The summed E-state index contributed by atoms with van der Waals surface area (Å²) in [5.41, 5.74) is -1.38. The van der Waals surface area contributed by atoms with E-state index in [0.717, 1.165) is 6.07 Å². The Morgan fingerprint density at radius 3 is 2.50 bits per heavy atom. The van der Waals surface area contributed by atoms with Crippen LogP contribution in [-0.2, 0) is 6.18 Å². The quantitative estimate of drug-likeness (QED) is 0.758. The van der Waals surface area contributed by atoms with Crippen LogP contribution >= 0.6 is 15.9 Å². The van der Waals surface area contributed by atoms with Crippen molar-refractivity contribution in [3.05, 3.63) is 45.6 Å². The van der Waals surface area contributed by atoms with Crippen molar-refractivity contribution >= 4 is 22.2 Å². The number of hydrogen-bond acceptors (Lipinski definition) is 3. The summed E-state index contributed by atoms with van der Waals surface area (Å²) in [4.78, 5) is 10.5. The summed E-state index contributed by atoms with van der Waals surface area (Å²) in [5.74, 6) is -0.180. The average Bonchev–Trinajstić information content (AvgIpc) is 2.85. The summed E-state index contributed by atoms with van der Waals surface area (Å²) in [6.45, 7) is 0. The topological polar surface area (TPSA) is 54.0 Å². The number of benzene rings is 1. The van der Waals surface area contributed by atoms with E-state index in [1.165, 1.54) is 18.2 Å². The first kappa shape index (κ1) is 14.3. The number of nitrogens with zero attached hydrogens (tertiary/aromatic N) is 1. The number of carbonyl (C=O) groups excluding carboxylic acids is 1. The first-order chi connectivity index (χ1) is 9.36. The van der Waals surface area contributed by atoms with Gasteiger partial charge < -0.3 is 4.42 Å². The monoisotopic (exact) mass is 343 g/mol. The van der Waals surface area contributed by atoms with Crippen molar-refractivity contribution in [2.75, 3.05) is 0 Å². The number of alkyl halides is 3. The Morgan fingerprint density at radius 1 is 1.30 bits per heavy atom. The second kappa shape index (κ2) is 5.13. The number of hydrogen-bond donors (Lipinski definition) is 0. The number of aldehydes is 1. The molecule has 0 aliphatic rings. The predicted molar refractivity (Wildman–Crippen MR) is 66.9 cm³/mol. The maximum Gasteiger partial charge on any atom is 0.417 e. The lowest BCUT2D eigenvalue weighted by atomic mass is 10.0. The van der Waals surface area contributed by atoms with Gasteiger partial charge in [-0.2, -0.15) is 18.4 Å². The summed E-state index contributed by atoms with van der Waals surface area (Å²) in [7, 11) is 0. The molecule has 1 aromatic carbocycles. The van der Waals surface area contributed by atoms with Crippen LogP contribution in [0.1, 0.15) is 21.7 Å². The molecule has 20 heavy (non-hydrogen) atoms. The number of nitriles is 1. The van der Waals surface area contributed by atoms with E-state index in [0.29, 0.717) is 6.29 Å². The zero-order valence-electron chi connectivity index (χ0n) is 9.66. The molecular formula is C13H5BrF3NO2. The molecular weight excluding hydrogens is 339 g/mol. The summed E-state index contributed by atoms with van der Waals surface area (Å²) < 4.78 is 44.3. The van der Waals surface area contributed by atoms with Gasteiger partial charge in [-0.25, -0.2) is 0 Å². The minimum atomic E-state index is -4.65. The highest BCUT2D eigenvalue weighted by atomic mass is 79.9. The van der Waals surface area contributed by atoms with Gasteiger partial charge >= 0.3 is 6.18 Å². The number of furan rings is 1. The molecule has 0 radical (unpaired) electrons. The largest absolute Gasteiger partial charge is 0.453 e. The van der Waals surface area contributed by atoms with Crippen LogP contribution in [-0.4, -0.2) is 6.29 Å². The predicted octanol–water partition coefficient (Wildman–Crippen LogP) is 4.41. The molecule has 0 N–H and O–H groups in total. The summed E-state index contributed by atoms with van der Waals surface area (Å²) >= 11 is 3.00. The average molecular weight is 344 g/mol. The molecule has 102 valence electrons. The Kier molecular flexibility index (Phi) is 3.68. The smallest absolute Gasteiger partial charge is 0.417 e. The van der Waals surface area contributed by atoms with Gasteiger partial charge in [-0.1, -0.05) is 0 Å². The Morgan fingerprint density at radius 2 is 2.00 bits per heavy atom. The maximum absolute atomic E-state index is 13.1. The van der Waals surface area contributed by atoms with Crippen molar-refractivity contribution in [2.45, 2.75) is 6.18 Å². The van der Waals surface area contributed by atoms with Crippen molar-refractivity contribution in [2.24, 2.45) is 0 Å². The van der Waals surface area contributed by atoms with Crippen LogP contribution < -0.4 is 0 Å². The SMILES string of the molecule is N#Cc1cc(Br)c(-c2ccc(C=O)o2)c(C(F)(F)F)c1. The molecule has 1 heterocycles. The van der Waals surface area contributed by atoms with Crippen LogP contribution in [0.5, 0.6) is 0 Å². The maximum atomic E-state index is 13.1. The van der Waals surface area contributed by atoms with Crippen LogP contribution in [0.15, 0.2) is 33.2 Å². The third-order valence-electron chi connectivity index (χ3n) is 2.51. The molecule has 0 amide bonds. The fourth-order valence-corrected chi connectivity index (χ4v) is 2.35. The van der Waals surface area contributed by atoms with Gasteiger partial charge in [0.2, 0.25) is 0 Å². The highest BCUT2D eigenvalue weighted by molar-refractivity contribution is 9.10. The van der Waals surface area contributed by atoms with Crippen molar-refractivity contribution in [3.8, 4) is 17.4 Å². The highest BCUT2D eigenvalue weighted by Crippen LogP contribution is 2.42. The fourth-order valence-electron chi connectivity index (χ4n) is 1.70. The van der Waals surface area contributed by atoms with Gasteiger partial charge in [0, 0.05) is 10.0 Å². The van der Waals surface area contributed by atoms with E-state index in [9.17, 15) is 18.0 Å². The minimum absolute atomic E-state index is 0.0654. The van der Waals surface area contributed by atoms with E-state index in [4.69, 9.17) is 9.68 Å². The van der Waals surface area contributed by atoms with Gasteiger partial charge in [0.05, 0.1) is 17.2 Å². The van der Waals surface area contributed by atoms with E-state index in [-0.39, 0.29) is 27.1 Å². The Labute approximate surface area is 119 Å². The van der Waals surface area contributed by atoms with Crippen molar-refractivity contribution in [1.29, 1.82) is 5.26 Å². The molecule has 0 atom stereocenters. The normalized spacial score (nSPS) is 11.2. The molecule has 0 bridgehead atoms. The van der Waals surface area contributed by atoms with Crippen molar-refractivity contribution < 1.29 is 22.4 Å². The summed E-state index contributed by atoms with van der Waals surface area (Å²) in [5, 5.41) is 8.75. The van der Waals surface area contributed by atoms with Crippen molar-refractivity contribution in [1.82, 2.24) is 0 Å². The Balaban J connectivity index is 2.74.